The van der Waals surface area contributed by atoms with Crippen LogP contribution in [0.1, 0.15) is 10.4 Å². The van der Waals surface area contributed by atoms with Gasteiger partial charge in [0.25, 0.3) is 0 Å². The first kappa shape index (κ1) is 12.5. The molecule has 7 heteroatoms. The largest absolute Gasteiger partial charge is 0.488 e. The molecule has 2 N–H and O–H groups in total. The quantitative estimate of drug-likeness (QED) is 0.571. The van der Waals surface area contributed by atoms with Gasteiger partial charge in [-0.2, -0.15) is 0 Å². The number of fused-ring (bicyclic) bond motifs is 1. The van der Waals surface area contributed by atoms with Gasteiger partial charge in [0.2, 0.25) is 0 Å². The minimum atomic E-state index is -1.82. The summed E-state index contributed by atoms with van der Waals surface area (Å²) in [6.45, 7) is 0. The Morgan fingerprint density at radius 2 is 2.17 bits per heavy atom. The van der Waals surface area contributed by atoms with Gasteiger partial charge in [-0.25, -0.2) is 9.18 Å². The number of pyridine rings is 1. The van der Waals surface area contributed by atoms with Crippen LogP contribution in [0, 0.1) is 5.82 Å². The van der Waals surface area contributed by atoms with Gasteiger partial charge >= 0.3 is 13.1 Å². The number of aromatic nitrogens is 1. The second-order valence-corrected chi connectivity index (χ2v) is 3.62. The van der Waals surface area contributed by atoms with Crippen molar-refractivity contribution in [3.63, 3.8) is 0 Å². The van der Waals surface area contributed by atoms with E-state index in [4.69, 9.17) is 10.0 Å². The first-order valence-corrected chi connectivity index (χ1v) is 5.07. The highest BCUT2D eigenvalue weighted by atomic mass is 19.1. The number of hydrogen-bond acceptors (Lipinski definition) is 5. The molecular formula is C11H9BFNO4. The highest BCUT2D eigenvalue weighted by Gasteiger charge is 2.18. The van der Waals surface area contributed by atoms with Crippen LogP contribution in [-0.2, 0) is 4.74 Å². The summed E-state index contributed by atoms with van der Waals surface area (Å²) in [5.41, 5.74) is 0.0318. The van der Waals surface area contributed by atoms with Crippen molar-refractivity contribution in [2.24, 2.45) is 0 Å². The summed E-state index contributed by atoms with van der Waals surface area (Å²) in [5, 5.41) is 18.3. The van der Waals surface area contributed by atoms with Crippen molar-refractivity contribution >= 4 is 29.5 Å². The number of nitrogens with zero attached hydrogens (tertiary/aromatic N) is 1. The first-order chi connectivity index (χ1) is 8.54. The minimum Gasteiger partial charge on any atom is -0.465 e. The number of ether oxygens (including phenoxy) is 1. The molecule has 0 aliphatic heterocycles. The second-order valence-electron chi connectivity index (χ2n) is 3.62. The molecule has 18 heavy (non-hydrogen) atoms. The molecule has 0 radical (unpaired) electrons. The lowest BCUT2D eigenvalue weighted by Crippen LogP contribution is -2.30. The van der Waals surface area contributed by atoms with E-state index in [1.165, 1.54) is 25.4 Å². The number of rotatable bonds is 2. The molecule has 0 unspecified atom stereocenters. The van der Waals surface area contributed by atoms with Crippen molar-refractivity contribution in [2.75, 3.05) is 7.11 Å². The van der Waals surface area contributed by atoms with Gasteiger partial charge < -0.3 is 14.8 Å². The number of carbonyl (C=O) groups is 1. The zero-order valence-electron chi connectivity index (χ0n) is 9.42. The topological polar surface area (TPSA) is 79.7 Å². The lowest BCUT2D eigenvalue weighted by atomic mass is 9.79. The zero-order valence-corrected chi connectivity index (χ0v) is 9.42. The molecule has 0 spiro atoms. The van der Waals surface area contributed by atoms with Crippen LogP contribution in [-0.4, -0.2) is 35.2 Å². The van der Waals surface area contributed by atoms with Gasteiger partial charge in [-0.15, -0.1) is 0 Å². The van der Waals surface area contributed by atoms with Gasteiger partial charge in [0.15, 0.2) is 0 Å². The van der Waals surface area contributed by atoms with Crippen molar-refractivity contribution < 1.29 is 24.0 Å². The van der Waals surface area contributed by atoms with Crippen molar-refractivity contribution in [2.45, 2.75) is 0 Å². The van der Waals surface area contributed by atoms with Gasteiger partial charge in [-0.05, 0) is 17.6 Å². The van der Waals surface area contributed by atoms with E-state index in [0.717, 1.165) is 6.07 Å². The van der Waals surface area contributed by atoms with Crippen LogP contribution in [0.25, 0.3) is 10.9 Å². The van der Waals surface area contributed by atoms with E-state index in [1.807, 2.05) is 0 Å². The molecule has 0 fully saturated rings. The number of hydrogen-bond donors (Lipinski definition) is 2. The van der Waals surface area contributed by atoms with Crippen LogP contribution in [0.3, 0.4) is 0 Å². The van der Waals surface area contributed by atoms with Gasteiger partial charge in [0.05, 0.1) is 12.7 Å². The van der Waals surface area contributed by atoms with Crippen molar-refractivity contribution in [3.05, 3.63) is 35.8 Å². The van der Waals surface area contributed by atoms with Crippen molar-refractivity contribution in [3.8, 4) is 0 Å². The van der Waals surface area contributed by atoms with Crippen LogP contribution in [0.2, 0.25) is 0 Å². The fourth-order valence-electron chi connectivity index (χ4n) is 1.67. The highest BCUT2D eigenvalue weighted by molar-refractivity contribution is 6.59. The first-order valence-electron chi connectivity index (χ1n) is 5.07. The smallest absolute Gasteiger partial charge is 0.465 e. The molecule has 92 valence electrons. The molecule has 0 bridgehead atoms. The third-order valence-corrected chi connectivity index (χ3v) is 2.52. The average molecular weight is 249 g/mol. The molecule has 5 nitrogen and oxygen atoms in total. The van der Waals surface area contributed by atoms with Crippen LogP contribution in [0.4, 0.5) is 4.39 Å². The fraction of sp³-hybridized carbons (Fsp3) is 0.0909. The summed E-state index contributed by atoms with van der Waals surface area (Å²) in [5.74, 6) is -1.38. The van der Waals surface area contributed by atoms with Crippen molar-refractivity contribution in [1.29, 1.82) is 0 Å². The lowest BCUT2D eigenvalue weighted by Gasteiger charge is -2.07. The SMILES string of the molecule is COC(=O)c1ccnc2c(F)cc(B(O)O)cc12. The summed E-state index contributed by atoms with van der Waals surface area (Å²) in [7, 11) is -0.620. The molecule has 0 saturated heterocycles. The van der Waals surface area contributed by atoms with Crippen LogP contribution >= 0.6 is 0 Å². The summed E-state index contributed by atoms with van der Waals surface area (Å²) in [6.07, 6.45) is 1.28. The predicted octanol–water partition coefficient (Wildman–Crippen LogP) is -0.160. The zero-order chi connectivity index (χ0) is 13.3. The second kappa shape index (κ2) is 4.71. The monoisotopic (exact) mass is 249 g/mol. The standard InChI is InChI=1S/C11H9BFNO4/c1-18-11(15)7-2-3-14-10-8(7)4-6(12(16)17)5-9(10)13/h2-5,16-17H,1H3. The highest BCUT2D eigenvalue weighted by Crippen LogP contribution is 2.19. The molecule has 1 heterocycles. The number of carbonyl (C=O) groups excluding carboxylic acids is 1. The summed E-state index contributed by atoms with van der Waals surface area (Å²) in [4.78, 5) is 15.3. The minimum absolute atomic E-state index is 0.0256. The normalized spacial score (nSPS) is 10.4. The summed E-state index contributed by atoms with van der Waals surface area (Å²) in [6, 6.07) is 3.63. The lowest BCUT2D eigenvalue weighted by molar-refractivity contribution is 0.0603. The summed E-state index contributed by atoms with van der Waals surface area (Å²) < 4.78 is 18.3. The Labute approximate surface area is 102 Å². The van der Waals surface area contributed by atoms with E-state index in [-0.39, 0.29) is 21.9 Å². The number of methoxy groups -OCH3 is 1. The number of esters is 1. The molecular weight excluding hydrogens is 240 g/mol. The number of benzene rings is 1. The Bertz CT molecular complexity index is 617. The van der Waals surface area contributed by atoms with E-state index >= 15 is 0 Å². The molecule has 2 aromatic rings. The van der Waals surface area contributed by atoms with Crippen molar-refractivity contribution in [1.82, 2.24) is 4.98 Å². The maximum atomic E-state index is 13.7. The van der Waals surface area contributed by atoms with Crippen LogP contribution in [0.15, 0.2) is 24.4 Å². The molecule has 1 aromatic heterocycles. The van der Waals surface area contributed by atoms with E-state index < -0.39 is 18.9 Å². The molecule has 1 aromatic carbocycles. The Kier molecular flexibility index (Phi) is 3.27. The Balaban J connectivity index is 2.77. The predicted molar refractivity (Wildman–Crippen MR) is 62.9 cm³/mol. The molecule has 0 aliphatic carbocycles. The maximum absolute atomic E-state index is 13.7. The van der Waals surface area contributed by atoms with Crippen LogP contribution in [0.5, 0.6) is 0 Å². The third kappa shape index (κ3) is 2.05. The third-order valence-electron chi connectivity index (χ3n) is 2.52. The van der Waals surface area contributed by atoms with Gasteiger partial charge in [0, 0.05) is 11.6 Å². The Morgan fingerprint density at radius 1 is 1.44 bits per heavy atom. The number of halogens is 1. The molecule has 0 saturated carbocycles. The average Bonchev–Trinajstić information content (AvgIpc) is 2.37. The van der Waals surface area contributed by atoms with E-state index in [0.29, 0.717) is 0 Å². The fourth-order valence-corrected chi connectivity index (χ4v) is 1.67. The van der Waals surface area contributed by atoms with Crippen LogP contribution < -0.4 is 5.46 Å². The van der Waals surface area contributed by atoms with E-state index in [1.54, 1.807) is 0 Å². The molecule has 0 amide bonds. The van der Waals surface area contributed by atoms with Gasteiger partial charge in [-0.3, -0.25) is 4.98 Å². The van der Waals surface area contributed by atoms with E-state index in [9.17, 15) is 9.18 Å². The summed E-state index contributed by atoms with van der Waals surface area (Å²) >= 11 is 0. The van der Waals surface area contributed by atoms with E-state index in [2.05, 4.69) is 9.72 Å². The Morgan fingerprint density at radius 3 is 2.78 bits per heavy atom. The maximum Gasteiger partial charge on any atom is 0.488 e. The Hall–Kier alpha value is -1.99. The molecule has 0 aliphatic rings. The van der Waals surface area contributed by atoms with Gasteiger partial charge in [-0.1, -0.05) is 6.07 Å². The molecule has 2 rings (SSSR count). The molecule has 0 atom stereocenters. The van der Waals surface area contributed by atoms with Gasteiger partial charge in [0.1, 0.15) is 11.3 Å².